The number of methoxy groups -OCH3 is 1. The fourth-order valence-corrected chi connectivity index (χ4v) is 4.53. The molecule has 0 radical (unpaired) electrons. The number of nitrogens with two attached hydrogens (primary N) is 1. The van der Waals surface area contributed by atoms with Crippen molar-refractivity contribution in [1.82, 2.24) is 25.5 Å². The largest absolute Gasteiger partial charge is 0.496 e. The lowest BCUT2D eigenvalue weighted by molar-refractivity contribution is 0.413. The molecule has 0 spiro atoms. The van der Waals surface area contributed by atoms with Gasteiger partial charge in [0, 0.05) is 17.4 Å². The number of ether oxygens (including phenoxy) is 1. The van der Waals surface area contributed by atoms with Gasteiger partial charge in [-0.3, -0.25) is 9.11 Å². The van der Waals surface area contributed by atoms with Gasteiger partial charge in [0.05, 0.1) is 29.5 Å². The van der Waals surface area contributed by atoms with Crippen molar-refractivity contribution in [2.24, 2.45) is 0 Å². The van der Waals surface area contributed by atoms with Crippen LogP contribution < -0.4 is 15.8 Å². The third-order valence-corrected chi connectivity index (χ3v) is 7.74. The average molecular weight is 497 g/mol. The highest BCUT2D eigenvalue weighted by atomic mass is 32.3. The van der Waals surface area contributed by atoms with E-state index in [1.807, 2.05) is 25.2 Å². The number of hydrogen-bond acceptors (Lipinski definition) is 10. The summed E-state index contributed by atoms with van der Waals surface area (Å²) >= 11 is 0. The zero-order chi connectivity index (χ0) is 25.2. The number of aromatic nitrogens is 4. The van der Waals surface area contributed by atoms with E-state index in [1.54, 1.807) is 45.2 Å². The summed E-state index contributed by atoms with van der Waals surface area (Å²) in [4.78, 5) is 9.30. The number of hydrogen-bond donors (Lipinski definition) is 4. The Bertz CT molecular complexity index is 1320. The van der Waals surface area contributed by atoms with E-state index in [4.69, 9.17) is 14.9 Å². The van der Waals surface area contributed by atoms with Crippen LogP contribution in [0.15, 0.2) is 58.0 Å². The summed E-state index contributed by atoms with van der Waals surface area (Å²) < 4.78 is 32.2. The minimum absolute atomic E-state index is 0.124. The third kappa shape index (κ3) is 4.98. The number of nitrogens with zero attached hydrogens (tertiary/aromatic N) is 4. The minimum atomic E-state index is -2.87. The van der Waals surface area contributed by atoms with Gasteiger partial charge in [-0.2, -0.15) is 10.6 Å². The molecule has 0 bridgehead atoms. The van der Waals surface area contributed by atoms with Crippen molar-refractivity contribution >= 4 is 16.4 Å². The molecule has 0 aliphatic rings. The van der Waals surface area contributed by atoms with Crippen LogP contribution in [-0.4, -0.2) is 48.7 Å². The van der Waals surface area contributed by atoms with Crippen LogP contribution in [0.5, 0.6) is 5.75 Å². The number of nitrogens with one attached hydrogen (secondary N) is 1. The second-order valence-electron chi connectivity index (χ2n) is 8.13. The molecule has 0 aliphatic carbocycles. The lowest BCUT2D eigenvalue weighted by Gasteiger charge is -2.36. The smallest absolute Gasteiger partial charge is 0.270 e. The molecule has 2 aromatic carbocycles. The van der Waals surface area contributed by atoms with Crippen molar-refractivity contribution in [3.05, 3.63) is 54.2 Å². The first kappa shape index (κ1) is 24.6. The van der Waals surface area contributed by atoms with E-state index in [9.17, 15) is 9.11 Å². The van der Waals surface area contributed by atoms with Gasteiger partial charge in [-0.15, -0.1) is 10.2 Å². The highest BCUT2D eigenvalue weighted by molar-refractivity contribution is 8.24. The van der Waals surface area contributed by atoms with E-state index in [1.165, 1.54) is 6.20 Å². The van der Waals surface area contributed by atoms with E-state index in [-0.39, 0.29) is 28.5 Å². The van der Waals surface area contributed by atoms with Crippen molar-refractivity contribution < 1.29 is 18.3 Å². The molecule has 0 saturated heterocycles. The lowest BCUT2D eigenvalue weighted by atomic mass is 10.1. The first-order chi connectivity index (χ1) is 16.7. The zero-order valence-corrected chi connectivity index (χ0v) is 20.7. The molecule has 35 heavy (non-hydrogen) atoms. The Kier molecular flexibility index (Phi) is 7.03. The Morgan fingerprint density at radius 3 is 2.46 bits per heavy atom. The van der Waals surface area contributed by atoms with Crippen LogP contribution in [0.3, 0.4) is 0 Å². The van der Waals surface area contributed by atoms with Crippen LogP contribution in [-0.2, 0) is 6.54 Å². The summed E-state index contributed by atoms with van der Waals surface area (Å²) in [5.41, 5.74) is 9.28. The molecule has 0 unspecified atom stereocenters. The molecule has 4 rings (SSSR count). The van der Waals surface area contributed by atoms with Crippen LogP contribution in [0.2, 0.25) is 0 Å². The van der Waals surface area contributed by atoms with Gasteiger partial charge in [-0.1, -0.05) is 18.2 Å². The van der Waals surface area contributed by atoms with Crippen molar-refractivity contribution in [3.63, 3.8) is 0 Å². The average Bonchev–Trinajstić information content (AvgIpc) is 3.34. The van der Waals surface area contributed by atoms with E-state index in [2.05, 4.69) is 25.5 Å². The van der Waals surface area contributed by atoms with Crippen molar-refractivity contribution in [2.45, 2.75) is 30.5 Å². The molecule has 0 atom stereocenters. The lowest BCUT2D eigenvalue weighted by Crippen LogP contribution is -2.10. The van der Waals surface area contributed by atoms with Gasteiger partial charge in [-0.25, -0.2) is 9.97 Å². The summed E-state index contributed by atoms with van der Waals surface area (Å²) in [6, 6.07) is 12.6. The molecular formula is C24H28N6O4S. The topological polar surface area (TPSA) is 152 Å². The second-order valence-corrected chi connectivity index (χ2v) is 10.7. The molecule has 2 aromatic heterocycles. The minimum Gasteiger partial charge on any atom is -0.496 e. The predicted molar refractivity (Wildman–Crippen MR) is 136 cm³/mol. The van der Waals surface area contributed by atoms with E-state index in [0.29, 0.717) is 28.4 Å². The maximum atomic E-state index is 10.4. The third-order valence-electron chi connectivity index (χ3n) is 5.46. The Balaban J connectivity index is 1.66. The Labute approximate surface area is 205 Å². The summed E-state index contributed by atoms with van der Waals surface area (Å²) in [5, 5.41) is 11.1. The summed E-state index contributed by atoms with van der Waals surface area (Å²) in [5.74, 6) is 1.14. The summed E-state index contributed by atoms with van der Waals surface area (Å²) in [6.07, 6.45) is 1.54. The molecule has 10 nitrogen and oxygen atoms in total. The molecule has 0 aliphatic heterocycles. The molecule has 0 saturated carbocycles. The highest BCUT2D eigenvalue weighted by Crippen LogP contribution is 2.52. The predicted octanol–water partition coefficient (Wildman–Crippen LogP) is 4.69. The summed E-state index contributed by atoms with van der Waals surface area (Å²) in [7, 11) is 0.582. The fourth-order valence-electron chi connectivity index (χ4n) is 3.45. The van der Waals surface area contributed by atoms with Gasteiger partial charge in [0.25, 0.3) is 11.8 Å². The number of rotatable bonds is 8. The summed E-state index contributed by atoms with van der Waals surface area (Å²) in [6.45, 7) is 4.24. The second kappa shape index (κ2) is 10.0. The Hall–Kier alpha value is -3.51. The molecule has 11 heteroatoms. The number of nitrogen functional groups attached to an aromatic ring is 1. The monoisotopic (exact) mass is 496 g/mol. The Morgan fingerprint density at radius 2 is 1.80 bits per heavy atom. The van der Waals surface area contributed by atoms with Gasteiger partial charge in [0.1, 0.15) is 5.75 Å². The Morgan fingerprint density at radius 1 is 1.09 bits per heavy atom. The van der Waals surface area contributed by atoms with Gasteiger partial charge >= 0.3 is 0 Å². The van der Waals surface area contributed by atoms with E-state index < -0.39 is 10.6 Å². The van der Waals surface area contributed by atoms with Gasteiger partial charge < -0.3 is 20.2 Å². The first-order valence-electron chi connectivity index (χ1n) is 10.9. The normalized spacial score (nSPS) is 12.2. The van der Waals surface area contributed by atoms with Crippen LogP contribution in [0, 0.1) is 0 Å². The SMILES string of the molecule is CNCc1ccc(-c2nnc(-c3nc(-c4ccc(S(O)(O)C(C)C)cc4)cnc3N)o2)c(OC)c1. The zero-order valence-electron chi connectivity index (χ0n) is 19.9. The van der Waals surface area contributed by atoms with Gasteiger partial charge in [0.2, 0.25) is 0 Å². The van der Waals surface area contributed by atoms with Gasteiger partial charge in [-0.05, 0) is 50.7 Å². The number of anilines is 1. The van der Waals surface area contributed by atoms with Crippen molar-refractivity contribution in [3.8, 4) is 40.0 Å². The van der Waals surface area contributed by atoms with Crippen molar-refractivity contribution in [2.75, 3.05) is 19.9 Å². The van der Waals surface area contributed by atoms with Crippen LogP contribution in [0.25, 0.3) is 34.3 Å². The molecule has 0 amide bonds. The van der Waals surface area contributed by atoms with Crippen molar-refractivity contribution in [1.29, 1.82) is 0 Å². The van der Waals surface area contributed by atoms with Crippen LogP contribution in [0.1, 0.15) is 19.4 Å². The fraction of sp³-hybridized carbons (Fsp3) is 0.250. The molecule has 4 aromatic rings. The van der Waals surface area contributed by atoms with E-state index in [0.717, 1.165) is 11.1 Å². The van der Waals surface area contributed by atoms with Crippen LogP contribution >= 0.6 is 10.6 Å². The van der Waals surface area contributed by atoms with E-state index >= 15 is 0 Å². The molecule has 2 heterocycles. The maximum Gasteiger partial charge on any atom is 0.270 e. The molecule has 0 fully saturated rings. The van der Waals surface area contributed by atoms with Gasteiger partial charge in [0.15, 0.2) is 11.5 Å². The highest BCUT2D eigenvalue weighted by Gasteiger charge is 2.21. The van der Waals surface area contributed by atoms with Crippen LogP contribution in [0.4, 0.5) is 5.82 Å². The maximum absolute atomic E-state index is 10.4. The molecule has 184 valence electrons. The quantitative estimate of drug-likeness (QED) is 0.270. The molecular weight excluding hydrogens is 468 g/mol. The number of benzene rings is 2. The first-order valence-corrected chi connectivity index (χ1v) is 12.5. The molecule has 5 N–H and O–H groups in total. The standard InChI is InChI=1S/C24H28N6O4S/c1-14(2)35(31,32)17-8-6-16(7-9-17)19-13-27-22(25)21(28-19)24-30-29-23(34-24)18-10-5-15(12-26-3)11-20(18)33-4/h5-11,13-14,26,31-32H,12H2,1-4H3,(H2,25,27).